The van der Waals surface area contributed by atoms with Crippen LogP contribution in [0.15, 0.2) is 24.1 Å². The standard InChI is InChI=1S/C8H15NOS/c1-9(2)8(10)6-4-3-5-7-11/h3-4,6,10-11H,5,7H2,1-2H3/b4-3+,8-6+. The highest BCUT2D eigenvalue weighted by atomic mass is 32.1. The van der Waals surface area contributed by atoms with Crippen LogP contribution in [0, 0.1) is 0 Å². The largest absolute Gasteiger partial charge is 0.495 e. The van der Waals surface area contributed by atoms with Gasteiger partial charge < -0.3 is 10.0 Å². The smallest absolute Gasteiger partial charge is 0.186 e. The molecule has 0 aliphatic carbocycles. The summed E-state index contributed by atoms with van der Waals surface area (Å²) in [6.07, 6.45) is 6.38. The van der Waals surface area contributed by atoms with Gasteiger partial charge in [-0.15, -0.1) is 0 Å². The van der Waals surface area contributed by atoms with Gasteiger partial charge in [0.1, 0.15) is 0 Å². The first kappa shape index (κ1) is 10.4. The van der Waals surface area contributed by atoms with Gasteiger partial charge in [-0.3, -0.25) is 0 Å². The Balaban J connectivity index is 3.72. The molecule has 0 bridgehead atoms. The molecule has 0 unspecified atom stereocenters. The lowest BCUT2D eigenvalue weighted by Crippen LogP contribution is -2.09. The molecule has 0 aliphatic heterocycles. The van der Waals surface area contributed by atoms with E-state index in [1.807, 2.05) is 12.2 Å². The fourth-order valence-electron chi connectivity index (χ4n) is 0.474. The lowest BCUT2D eigenvalue weighted by atomic mass is 10.4. The summed E-state index contributed by atoms with van der Waals surface area (Å²) >= 11 is 4.04. The van der Waals surface area contributed by atoms with E-state index in [0.29, 0.717) is 0 Å². The molecule has 0 aliphatic rings. The van der Waals surface area contributed by atoms with E-state index in [0.717, 1.165) is 12.2 Å². The number of hydrogen-bond donors (Lipinski definition) is 2. The van der Waals surface area contributed by atoms with Crippen molar-refractivity contribution in [2.24, 2.45) is 0 Å². The maximum absolute atomic E-state index is 9.14. The first-order valence-corrected chi connectivity index (χ1v) is 4.15. The molecular formula is C8H15NOS. The van der Waals surface area contributed by atoms with E-state index in [2.05, 4.69) is 12.6 Å². The van der Waals surface area contributed by atoms with Crippen molar-refractivity contribution in [2.45, 2.75) is 6.42 Å². The first-order chi connectivity index (χ1) is 5.18. The topological polar surface area (TPSA) is 23.5 Å². The molecule has 2 nitrogen and oxygen atoms in total. The van der Waals surface area contributed by atoms with Crippen molar-refractivity contribution in [3.8, 4) is 0 Å². The quantitative estimate of drug-likeness (QED) is 0.385. The van der Waals surface area contributed by atoms with Crippen molar-refractivity contribution >= 4 is 12.6 Å². The summed E-state index contributed by atoms with van der Waals surface area (Å²) in [6, 6.07) is 0. The Kier molecular flexibility index (Phi) is 5.84. The molecule has 0 saturated carbocycles. The lowest BCUT2D eigenvalue weighted by Gasteiger charge is -2.08. The molecule has 11 heavy (non-hydrogen) atoms. The van der Waals surface area contributed by atoms with Crippen LogP contribution in [-0.2, 0) is 0 Å². The molecule has 0 radical (unpaired) electrons. The molecule has 0 spiro atoms. The predicted octanol–water partition coefficient (Wildman–Crippen LogP) is 1.82. The number of hydrogen-bond acceptors (Lipinski definition) is 3. The summed E-state index contributed by atoms with van der Waals surface area (Å²) in [5, 5.41) is 9.14. The molecule has 0 aromatic heterocycles. The average molecular weight is 173 g/mol. The summed E-state index contributed by atoms with van der Waals surface area (Å²) in [4.78, 5) is 1.64. The van der Waals surface area contributed by atoms with Gasteiger partial charge in [-0.25, -0.2) is 0 Å². The third-order valence-electron chi connectivity index (χ3n) is 1.14. The van der Waals surface area contributed by atoms with Crippen molar-refractivity contribution in [3.05, 3.63) is 24.1 Å². The number of aliphatic hydroxyl groups excluding tert-OH is 1. The van der Waals surface area contributed by atoms with Crippen molar-refractivity contribution in [3.63, 3.8) is 0 Å². The Morgan fingerprint density at radius 2 is 2.18 bits per heavy atom. The van der Waals surface area contributed by atoms with Crippen LogP contribution < -0.4 is 0 Å². The Morgan fingerprint density at radius 3 is 2.64 bits per heavy atom. The Hall–Kier alpha value is -0.570. The molecule has 0 fully saturated rings. The molecule has 0 heterocycles. The molecule has 0 amide bonds. The van der Waals surface area contributed by atoms with Crippen molar-refractivity contribution < 1.29 is 5.11 Å². The normalized spacial score (nSPS) is 12.5. The van der Waals surface area contributed by atoms with Crippen LogP contribution in [0.2, 0.25) is 0 Å². The number of nitrogens with zero attached hydrogens (tertiary/aromatic N) is 1. The van der Waals surface area contributed by atoms with Crippen LogP contribution in [-0.4, -0.2) is 29.9 Å². The van der Waals surface area contributed by atoms with Crippen LogP contribution in [0.5, 0.6) is 0 Å². The van der Waals surface area contributed by atoms with Crippen LogP contribution in [0.4, 0.5) is 0 Å². The van der Waals surface area contributed by atoms with Gasteiger partial charge in [0.15, 0.2) is 5.88 Å². The first-order valence-electron chi connectivity index (χ1n) is 3.52. The predicted molar refractivity (Wildman–Crippen MR) is 52.0 cm³/mol. The Morgan fingerprint density at radius 1 is 1.55 bits per heavy atom. The molecule has 0 atom stereocenters. The molecule has 0 saturated heterocycles. The van der Waals surface area contributed by atoms with Gasteiger partial charge in [-0.2, -0.15) is 12.6 Å². The highest BCUT2D eigenvalue weighted by molar-refractivity contribution is 7.80. The fraction of sp³-hybridized carbons (Fsp3) is 0.500. The second-order valence-corrected chi connectivity index (χ2v) is 2.81. The van der Waals surface area contributed by atoms with Crippen LogP contribution >= 0.6 is 12.6 Å². The van der Waals surface area contributed by atoms with Gasteiger partial charge in [0.2, 0.25) is 0 Å². The molecular weight excluding hydrogens is 158 g/mol. The van der Waals surface area contributed by atoms with E-state index in [1.165, 1.54) is 0 Å². The molecule has 3 heteroatoms. The minimum atomic E-state index is 0.264. The van der Waals surface area contributed by atoms with Gasteiger partial charge in [-0.1, -0.05) is 12.2 Å². The minimum absolute atomic E-state index is 0.264. The van der Waals surface area contributed by atoms with E-state index >= 15 is 0 Å². The zero-order valence-corrected chi connectivity index (χ0v) is 7.88. The third-order valence-corrected chi connectivity index (χ3v) is 1.39. The summed E-state index contributed by atoms with van der Waals surface area (Å²) in [5.74, 6) is 1.10. The monoisotopic (exact) mass is 173 g/mol. The van der Waals surface area contributed by atoms with Gasteiger partial charge in [0.25, 0.3) is 0 Å². The highest BCUT2D eigenvalue weighted by Gasteiger charge is 1.89. The van der Waals surface area contributed by atoms with Crippen molar-refractivity contribution in [2.75, 3.05) is 19.8 Å². The van der Waals surface area contributed by atoms with Crippen molar-refractivity contribution in [1.82, 2.24) is 4.90 Å². The Labute approximate surface area is 73.6 Å². The average Bonchev–Trinajstić information content (AvgIpc) is 1.97. The third kappa shape index (κ3) is 5.85. The van der Waals surface area contributed by atoms with Gasteiger partial charge in [0.05, 0.1) is 0 Å². The maximum Gasteiger partial charge on any atom is 0.186 e. The zero-order chi connectivity index (χ0) is 8.69. The summed E-state index contributed by atoms with van der Waals surface area (Å²) < 4.78 is 0. The highest BCUT2D eigenvalue weighted by Crippen LogP contribution is 1.93. The fourth-order valence-corrected chi connectivity index (χ4v) is 0.623. The van der Waals surface area contributed by atoms with E-state index in [9.17, 15) is 0 Å². The van der Waals surface area contributed by atoms with Gasteiger partial charge >= 0.3 is 0 Å². The number of aliphatic hydroxyl groups is 1. The number of rotatable bonds is 4. The summed E-state index contributed by atoms with van der Waals surface area (Å²) in [6.45, 7) is 0. The van der Waals surface area contributed by atoms with E-state index < -0.39 is 0 Å². The maximum atomic E-state index is 9.14. The second kappa shape index (κ2) is 6.16. The lowest BCUT2D eigenvalue weighted by molar-refractivity contribution is 0.264. The Bertz CT molecular complexity index is 152. The van der Waals surface area contributed by atoms with Crippen LogP contribution in [0.1, 0.15) is 6.42 Å². The van der Waals surface area contributed by atoms with Gasteiger partial charge in [0, 0.05) is 14.1 Å². The van der Waals surface area contributed by atoms with Crippen LogP contribution in [0.25, 0.3) is 0 Å². The van der Waals surface area contributed by atoms with E-state index in [-0.39, 0.29) is 5.88 Å². The second-order valence-electron chi connectivity index (χ2n) is 2.36. The number of allylic oxidation sites excluding steroid dienone is 3. The number of thiol groups is 1. The molecule has 1 N–H and O–H groups in total. The van der Waals surface area contributed by atoms with Crippen LogP contribution in [0.3, 0.4) is 0 Å². The molecule has 0 aromatic rings. The van der Waals surface area contributed by atoms with Crippen molar-refractivity contribution in [1.29, 1.82) is 0 Å². The molecule has 64 valence electrons. The zero-order valence-electron chi connectivity index (χ0n) is 6.99. The minimum Gasteiger partial charge on any atom is -0.495 e. The molecule has 0 rings (SSSR count). The molecule has 0 aromatic carbocycles. The summed E-state index contributed by atoms with van der Waals surface area (Å²) in [7, 11) is 3.58. The van der Waals surface area contributed by atoms with Gasteiger partial charge in [-0.05, 0) is 18.2 Å². The van der Waals surface area contributed by atoms with E-state index in [1.54, 1.807) is 25.1 Å². The SMILES string of the molecule is CN(C)/C(O)=C\C=C\CCS. The van der Waals surface area contributed by atoms with E-state index in [4.69, 9.17) is 5.11 Å². The summed E-state index contributed by atoms with van der Waals surface area (Å²) in [5.41, 5.74) is 0.